The van der Waals surface area contributed by atoms with Crippen LogP contribution in [0, 0.1) is 5.92 Å². The van der Waals surface area contributed by atoms with Gasteiger partial charge >= 0.3 is 11.9 Å². The summed E-state index contributed by atoms with van der Waals surface area (Å²) in [7, 11) is 0. The molecule has 134 valence electrons. The molecule has 0 saturated carbocycles. The molecule has 1 fully saturated rings. The Balaban J connectivity index is 1.62. The number of ether oxygens (including phenoxy) is 2. The molecule has 0 amide bonds. The summed E-state index contributed by atoms with van der Waals surface area (Å²) >= 11 is 0. The molecule has 1 atom stereocenters. The van der Waals surface area contributed by atoms with Crippen molar-refractivity contribution < 1.29 is 19.1 Å². The summed E-state index contributed by atoms with van der Waals surface area (Å²) in [5.41, 5.74) is 3.45. The average molecular weight is 350 g/mol. The zero-order valence-electron chi connectivity index (χ0n) is 14.7. The van der Waals surface area contributed by atoms with Gasteiger partial charge in [0.2, 0.25) is 0 Å². The SMILES string of the molecule is O=C1OCCCCC1C(=O)OCc1c2c(cc3ccccc13)CCC=C2. The van der Waals surface area contributed by atoms with E-state index < -0.39 is 17.9 Å². The lowest BCUT2D eigenvalue weighted by Crippen LogP contribution is -2.26. The van der Waals surface area contributed by atoms with E-state index in [9.17, 15) is 9.59 Å². The van der Waals surface area contributed by atoms with E-state index in [4.69, 9.17) is 9.47 Å². The number of aryl methyl sites for hydroxylation is 1. The van der Waals surface area contributed by atoms with Crippen LogP contribution in [-0.2, 0) is 32.1 Å². The molecule has 0 N–H and O–H groups in total. The van der Waals surface area contributed by atoms with E-state index in [1.807, 2.05) is 12.1 Å². The average Bonchev–Trinajstić information content (AvgIpc) is 2.89. The van der Waals surface area contributed by atoms with Crippen LogP contribution in [0.4, 0.5) is 0 Å². The molecule has 0 spiro atoms. The monoisotopic (exact) mass is 350 g/mol. The molecule has 4 nitrogen and oxygen atoms in total. The summed E-state index contributed by atoms with van der Waals surface area (Å²) in [4.78, 5) is 24.5. The van der Waals surface area contributed by atoms with Gasteiger partial charge in [-0.3, -0.25) is 9.59 Å². The predicted octanol–water partition coefficient (Wildman–Crippen LogP) is 4.19. The first-order chi connectivity index (χ1) is 12.7. The predicted molar refractivity (Wildman–Crippen MR) is 99.4 cm³/mol. The molecule has 26 heavy (non-hydrogen) atoms. The number of benzene rings is 2. The Morgan fingerprint density at radius 1 is 1.23 bits per heavy atom. The fourth-order valence-electron chi connectivity index (χ4n) is 3.81. The number of hydrogen-bond donors (Lipinski definition) is 0. The van der Waals surface area contributed by atoms with Crippen molar-refractivity contribution in [2.24, 2.45) is 5.92 Å². The topological polar surface area (TPSA) is 52.6 Å². The number of rotatable bonds is 3. The molecule has 2 aromatic carbocycles. The third kappa shape index (κ3) is 3.24. The van der Waals surface area contributed by atoms with Crippen LogP contribution in [0.1, 0.15) is 42.4 Å². The van der Waals surface area contributed by atoms with Gasteiger partial charge in [0.15, 0.2) is 5.92 Å². The van der Waals surface area contributed by atoms with Crippen LogP contribution in [0.25, 0.3) is 16.8 Å². The molecular weight excluding hydrogens is 328 g/mol. The quantitative estimate of drug-likeness (QED) is 0.615. The first kappa shape index (κ1) is 16.8. The van der Waals surface area contributed by atoms with Crippen LogP contribution < -0.4 is 0 Å². The first-order valence-electron chi connectivity index (χ1n) is 9.27. The second-order valence-electron chi connectivity index (χ2n) is 6.91. The van der Waals surface area contributed by atoms with E-state index in [1.165, 1.54) is 5.56 Å². The summed E-state index contributed by atoms with van der Waals surface area (Å²) in [6.07, 6.45) is 8.41. The van der Waals surface area contributed by atoms with Crippen LogP contribution in [0.2, 0.25) is 0 Å². The molecule has 0 bridgehead atoms. The molecule has 1 aliphatic heterocycles. The molecular formula is C22H22O4. The second kappa shape index (κ2) is 7.32. The molecule has 1 heterocycles. The Morgan fingerprint density at radius 3 is 3.04 bits per heavy atom. The van der Waals surface area contributed by atoms with Gasteiger partial charge in [-0.1, -0.05) is 42.5 Å². The van der Waals surface area contributed by atoms with E-state index in [0.717, 1.165) is 47.6 Å². The second-order valence-corrected chi connectivity index (χ2v) is 6.91. The van der Waals surface area contributed by atoms with Gasteiger partial charge in [-0.05, 0) is 54.0 Å². The van der Waals surface area contributed by atoms with E-state index >= 15 is 0 Å². The molecule has 0 aromatic heterocycles. The van der Waals surface area contributed by atoms with E-state index in [0.29, 0.717) is 13.0 Å². The largest absolute Gasteiger partial charge is 0.465 e. The molecule has 1 unspecified atom stereocenters. The van der Waals surface area contributed by atoms with Crippen molar-refractivity contribution >= 4 is 28.8 Å². The Hall–Kier alpha value is -2.62. The van der Waals surface area contributed by atoms with Crippen molar-refractivity contribution in [2.75, 3.05) is 6.61 Å². The molecule has 1 saturated heterocycles. The standard InChI is InChI=1S/C22H22O4/c23-21-19(11-5-6-12-25-21)22(24)26-14-20-17-9-3-1-7-15(17)13-16-8-2-4-10-18(16)20/h1,3-4,7,9-10,13,19H,2,5-6,8,11-12,14H2. The van der Waals surface area contributed by atoms with Crippen LogP contribution in [0.15, 0.2) is 36.4 Å². The van der Waals surface area contributed by atoms with Gasteiger partial charge in [0.1, 0.15) is 6.61 Å². The summed E-state index contributed by atoms with van der Waals surface area (Å²) < 4.78 is 10.7. The van der Waals surface area contributed by atoms with E-state index in [2.05, 4.69) is 30.4 Å². The third-order valence-corrected chi connectivity index (χ3v) is 5.21. The Morgan fingerprint density at radius 2 is 2.12 bits per heavy atom. The minimum absolute atomic E-state index is 0.177. The number of cyclic esters (lactones) is 1. The molecule has 1 aliphatic carbocycles. The van der Waals surface area contributed by atoms with Gasteiger partial charge < -0.3 is 9.47 Å². The van der Waals surface area contributed by atoms with E-state index in [1.54, 1.807) is 0 Å². The highest BCUT2D eigenvalue weighted by Gasteiger charge is 2.31. The molecule has 4 rings (SSSR count). The van der Waals surface area contributed by atoms with Crippen LogP contribution in [0.3, 0.4) is 0 Å². The minimum Gasteiger partial charge on any atom is -0.465 e. The van der Waals surface area contributed by atoms with Crippen LogP contribution in [-0.4, -0.2) is 18.5 Å². The number of esters is 2. The van der Waals surface area contributed by atoms with Gasteiger partial charge in [0.05, 0.1) is 6.61 Å². The maximum atomic E-state index is 12.5. The Labute approximate surface area is 152 Å². The number of allylic oxidation sites excluding steroid dienone is 1. The highest BCUT2D eigenvalue weighted by molar-refractivity contribution is 5.95. The smallest absolute Gasteiger partial charge is 0.320 e. The number of fused-ring (bicyclic) bond motifs is 2. The molecule has 2 aromatic rings. The summed E-state index contributed by atoms with van der Waals surface area (Å²) in [6, 6.07) is 10.4. The molecule has 4 heteroatoms. The highest BCUT2D eigenvalue weighted by atomic mass is 16.6. The lowest BCUT2D eigenvalue weighted by Gasteiger charge is -2.19. The number of hydrogen-bond acceptors (Lipinski definition) is 4. The Kier molecular flexibility index (Phi) is 4.74. The zero-order chi connectivity index (χ0) is 17.9. The van der Waals surface area contributed by atoms with Crippen LogP contribution >= 0.6 is 0 Å². The molecule has 0 radical (unpaired) electrons. The van der Waals surface area contributed by atoms with Gasteiger partial charge in [-0.25, -0.2) is 0 Å². The van der Waals surface area contributed by atoms with Crippen molar-refractivity contribution in [3.8, 4) is 0 Å². The van der Waals surface area contributed by atoms with Gasteiger partial charge in [0.25, 0.3) is 0 Å². The maximum Gasteiger partial charge on any atom is 0.320 e. The van der Waals surface area contributed by atoms with Crippen molar-refractivity contribution in [2.45, 2.75) is 38.7 Å². The van der Waals surface area contributed by atoms with Gasteiger partial charge in [-0.15, -0.1) is 0 Å². The normalized spacial score (nSPS) is 19.5. The highest BCUT2D eigenvalue weighted by Crippen LogP contribution is 2.31. The number of carbonyl (C=O) groups is 2. The van der Waals surface area contributed by atoms with Crippen molar-refractivity contribution in [3.63, 3.8) is 0 Å². The Bertz CT molecular complexity index is 881. The minimum atomic E-state index is -0.793. The first-order valence-corrected chi connectivity index (χ1v) is 9.27. The van der Waals surface area contributed by atoms with Crippen molar-refractivity contribution in [3.05, 3.63) is 53.1 Å². The number of carbonyl (C=O) groups excluding carboxylic acids is 2. The van der Waals surface area contributed by atoms with E-state index in [-0.39, 0.29) is 6.61 Å². The fourth-order valence-corrected chi connectivity index (χ4v) is 3.81. The summed E-state index contributed by atoms with van der Waals surface area (Å²) in [5.74, 6) is -1.72. The lowest BCUT2D eigenvalue weighted by atomic mass is 9.89. The summed E-state index contributed by atoms with van der Waals surface area (Å²) in [5, 5.41) is 2.25. The van der Waals surface area contributed by atoms with Crippen molar-refractivity contribution in [1.29, 1.82) is 0 Å². The fraction of sp³-hybridized carbons (Fsp3) is 0.364. The summed E-state index contributed by atoms with van der Waals surface area (Å²) in [6.45, 7) is 0.570. The molecule has 2 aliphatic rings. The zero-order valence-corrected chi connectivity index (χ0v) is 14.7. The maximum absolute atomic E-state index is 12.5. The van der Waals surface area contributed by atoms with Gasteiger partial charge in [-0.2, -0.15) is 0 Å². The van der Waals surface area contributed by atoms with Crippen molar-refractivity contribution in [1.82, 2.24) is 0 Å². The van der Waals surface area contributed by atoms with Gasteiger partial charge in [0, 0.05) is 5.56 Å². The lowest BCUT2D eigenvalue weighted by molar-refractivity contribution is -0.162. The van der Waals surface area contributed by atoms with Crippen LogP contribution in [0.5, 0.6) is 0 Å². The third-order valence-electron chi connectivity index (χ3n) is 5.21.